The van der Waals surface area contributed by atoms with Crippen LogP contribution in [0.5, 0.6) is 5.75 Å². The number of hydrogen-bond donors (Lipinski definition) is 1. The maximum Gasteiger partial charge on any atom is 0.253 e. The minimum atomic E-state index is -3.73. The molecule has 0 aliphatic carbocycles. The number of nitrogens with one attached hydrogen (secondary N) is 1. The van der Waals surface area contributed by atoms with E-state index in [4.69, 9.17) is 4.74 Å². The van der Waals surface area contributed by atoms with Crippen LogP contribution in [-0.2, 0) is 14.8 Å². The Morgan fingerprint density at radius 2 is 1.92 bits per heavy atom. The second kappa shape index (κ2) is 6.54. The van der Waals surface area contributed by atoms with Crippen LogP contribution in [0.4, 0.5) is 0 Å². The first-order valence-corrected chi connectivity index (χ1v) is 9.69. The van der Waals surface area contributed by atoms with Crippen molar-refractivity contribution in [2.75, 3.05) is 20.2 Å². The van der Waals surface area contributed by atoms with Gasteiger partial charge in [0.2, 0.25) is 5.91 Å². The second-order valence-corrected chi connectivity index (χ2v) is 8.85. The summed E-state index contributed by atoms with van der Waals surface area (Å²) in [6.07, 6.45) is 0. The molecular weight excluding hydrogens is 348 g/mol. The Labute approximate surface area is 145 Å². The van der Waals surface area contributed by atoms with Gasteiger partial charge in [0.1, 0.15) is 16.0 Å². The predicted octanol–water partition coefficient (Wildman–Crippen LogP) is 1.93. The Kier molecular flexibility index (Phi) is 4.62. The number of ether oxygens (including phenoxy) is 1. The van der Waals surface area contributed by atoms with Crippen molar-refractivity contribution in [1.29, 1.82) is 0 Å². The van der Waals surface area contributed by atoms with Crippen LogP contribution in [-0.4, -0.2) is 38.8 Å². The van der Waals surface area contributed by atoms with Crippen LogP contribution < -0.4 is 10.1 Å². The summed E-state index contributed by atoms with van der Waals surface area (Å²) < 4.78 is 32.6. The molecular formula is C16H18N2O4S2. The Hall–Kier alpha value is -1.90. The van der Waals surface area contributed by atoms with Crippen LogP contribution in [0.3, 0.4) is 0 Å². The molecule has 1 aromatic carbocycles. The number of amides is 1. The quantitative estimate of drug-likeness (QED) is 0.897. The van der Waals surface area contributed by atoms with E-state index in [1.54, 1.807) is 43.5 Å². The molecule has 1 aliphatic rings. The van der Waals surface area contributed by atoms with Crippen LogP contribution in [0.15, 0.2) is 40.6 Å². The molecule has 2 aromatic rings. The van der Waals surface area contributed by atoms with Gasteiger partial charge in [0.05, 0.1) is 7.11 Å². The van der Waals surface area contributed by atoms with Gasteiger partial charge in [-0.3, -0.25) is 4.79 Å². The monoisotopic (exact) mass is 366 g/mol. The third kappa shape index (κ3) is 3.04. The fourth-order valence-electron chi connectivity index (χ4n) is 2.67. The molecule has 3 rings (SSSR count). The SMILES string of the molecule is COc1ccc(C2C(=O)NCCN2S(=O)(=O)c2ccc(C)s2)cc1. The first-order valence-electron chi connectivity index (χ1n) is 7.43. The van der Waals surface area contributed by atoms with E-state index in [9.17, 15) is 13.2 Å². The maximum absolute atomic E-state index is 13.0. The summed E-state index contributed by atoms with van der Waals surface area (Å²) in [5.74, 6) is 0.335. The minimum Gasteiger partial charge on any atom is -0.497 e. The highest BCUT2D eigenvalue weighted by molar-refractivity contribution is 7.91. The van der Waals surface area contributed by atoms with Crippen molar-refractivity contribution in [2.24, 2.45) is 0 Å². The number of hydrogen-bond acceptors (Lipinski definition) is 5. The van der Waals surface area contributed by atoms with Gasteiger partial charge in [-0.2, -0.15) is 4.31 Å². The van der Waals surface area contributed by atoms with Gasteiger partial charge in [0.15, 0.2) is 0 Å². The van der Waals surface area contributed by atoms with Gasteiger partial charge < -0.3 is 10.1 Å². The van der Waals surface area contributed by atoms with Crippen molar-refractivity contribution in [3.63, 3.8) is 0 Å². The number of benzene rings is 1. The highest BCUT2D eigenvalue weighted by Crippen LogP contribution is 2.33. The van der Waals surface area contributed by atoms with Crippen molar-refractivity contribution < 1.29 is 17.9 Å². The van der Waals surface area contributed by atoms with Crippen LogP contribution in [0.2, 0.25) is 0 Å². The molecule has 1 fully saturated rings. The van der Waals surface area contributed by atoms with Gasteiger partial charge in [0, 0.05) is 18.0 Å². The predicted molar refractivity (Wildman–Crippen MR) is 91.7 cm³/mol. The van der Waals surface area contributed by atoms with Crippen molar-refractivity contribution in [3.05, 3.63) is 46.8 Å². The fraction of sp³-hybridized carbons (Fsp3) is 0.312. The number of rotatable bonds is 4. The molecule has 6 nitrogen and oxygen atoms in total. The normalized spacial score (nSPS) is 19.1. The molecule has 1 N–H and O–H groups in total. The first-order chi connectivity index (χ1) is 11.4. The number of carbonyl (C=O) groups is 1. The van der Waals surface area contributed by atoms with Crippen LogP contribution in [0.25, 0.3) is 0 Å². The third-order valence-electron chi connectivity index (χ3n) is 3.88. The molecule has 0 radical (unpaired) electrons. The van der Waals surface area contributed by atoms with Gasteiger partial charge in [-0.25, -0.2) is 8.42 Å². The van der Waals surface area contributed by atoms with Gasteiger partial charge in [-0.15, -0.1) is 11.3 Å². The molecule has 24 heavy (non-hydrogen) atoms. The lowest BCUT2D eigenvalue weighted by atomic mass is 10.0. The van der Waals surface area contributed by atoms with Gasteiger partial charge in [-0.1, -0.05) is 12.1 Å². The standard InChI is InChI=1S/C16H18N2O4S2/c1-11-3-8-14(23-11)24(20,21)18-10-9-17-16(19)15(18)12-4-6-13(22-2)7-5-12/h3-8,15H,9-10H2,1-2H3,(H,17,19). The summed E-state index contributed by atoms with van der Waals surface area (Å²) in [7, 11) is -2.17. The van der Waals surface area contributed by atoms with Crippen molar-refractivity contribution >= 4 is 27.3 Å². The average molecular weight is 366 g/mol. The summed E-state index contributed by atoms with van der Waals surface area (Å²) in [4.78, 5) is 13.3. The van der Waals surface area contributed by atoms with E-state index in [1.165, 1.54) is 15.6 Å². The van der Waals surface area contributed by atoms with Crippen molar-refractivity contribution in [1.82, 2.24) is 9.62 Å². The minimum absolute atomic E-state index is 0.238. The smallest absolute Gasteiger partial charge is 0.253 e. The molecule has 1 amide bonds. The van der Waals surface area contributed by atoms with Crippen LogP contribution >= 0.6 is 11.3 Å². The molecule has 1 aromatic heterocycles. The van der Waals surface area contributed by atoms with E-state index >= 15 is 0 Å². The Balaban J connectivity index is 2.02. The number of sulfonamides is 1. The molecule has 1 saturated heterocycles. The van der Waals surface area contributed by atoms with Crippen molar-refractivity contribution in [3.8, 4) is 5.75 Å². The summed E-state index contributed by atoms with van der Waals surface area (Å²) in [6, 6.07) is 9.36. The molecule has 2 heterocycles. The second-order valence-electron chi connectivity index (χ2n) is 5.45. The van der Waals surface area contributed by atoms with Crippen molar-refractivity contribution in [2.45, 2.75) is 17.2 Å². The topological polar surface area (TPSA) is 75.7 Å². The molecule has 1 unspecified atom stereocenters. The largest absolute Gasteiger partial charge is 0.497 e. The highest BCUT2D eigenvalue weighted by Gasteiger charge is 2.40. The summed E-state index contributed by atoms with van der Waals surface area (Å²) >= 11 is 1.21. The lowest BCUT2D eigenvalue weighted by Gasteiger charge is -2.33. The first kappa shape index (κ1) is 16.9. The summed E-state index contributed by atoms with van der Waals surface area (Å²) in [5.41, 5.74) is 0.616. The molecule has 8 heteroatoms. The lowest BCUT2D eigenvalue weighted by Crippen LogP contribution is -2.51. The Morgan fingerprint density at radius 3 is 2.50 bits per heavy atom. The van der Waals surface area contributed by atoms with Crippen LogP contribution in [0, 0.1) is 6.92 Å². The Bertz CT molecular complexity index is 843. The van der Waals surface area contributed by atoms with E-state index in [2.05, 4.69) is 5.32 Å². The van der Waals surface area contributed by atoms with E-state index < -0.39 is 16.1 Å². The zero-order valence-corrected chi connectivity index (χ0v) is 15.0. The number of aryl methyl sites for hydroxylation is 1. The number of methoxy groups -OCH3 is 1. The number of piperazine rings is 1. The average Bonchev–Trinajstić information content (AvgIpc) is 3.02. The molecule has 0 saturated carbocycles. The fourth-order valence-corrected chi connectivity index (χ4v) is 5.67. The summed E-state index contributed by atoms with van der Waals surface area (Å²) in [6.45, 7) is 2.39. The molecule has 1 aliphatic heterocycles. The zero-order valence-electron chi connectivity index (χ0n) is 13.4. The molecule has 1 atom stereocenters. The highest BCUT2D eigenvalue weighted by atomic mass is 32.2. The van der Waals surface area contributed by atoms with Gasteiger partial charge in [-0.05, 0) is 36.8 Å². The molecule has 128 valence electrons. The number of nitrogens with zero attached hydrogens (tertiary/aromatic N) is 1. The number of thiophene rings is 1. The third-order valence-corrected chi connectivity index (χ3v) is 7.21. The molecule has 0 spiro atoms. The molecule has 0 bridgehead atoms. The Morgan fingerprint density at radius 1 is 1.21 bits per heavy atom. The zero-order chi connectivity index (χ0) is 17.3. The van der Waals surface area contributed by atoms with E-state index in [0.717, 1.165) is 4.88 Å². The van der Waals surface area contributed by atoms with E-state index in [0.29, 0.717) is 17.9 Å². The number of carbonyl (C=O) groups excluding carboxylic acids is 1. The maximum atomic E-state index is 13.0. The van der Waals surface area contributed by atoms with Gasteiger partial charge >= 0.3 is 0 Å². The lowest BCUT2D eigenvalue weighted by molar-refractivity contribution is -0.126. The van der Waals surface area contributed by atoms with Gasteiger partial charge in [0.25, 0.3) is 10.0 Å². The summed E-state index contributed by atoms with van der Waals surface area (Å²) in [5, 5.41) is 2.75. The van der Waals surface area contributed by atoms with Crippen LogP contribution in [0.1, 0.15) is 16.5 Å². The van der Waals surface area contributed by atoms with E-state index in [-0.39, 0.29) is 16.7 Å². The van der Waals surface area contributed by atoms with E-state index in [1.807, 2.05) is 6.92 Å².